The maximum atomic E-state index is 11.8. The molecule has 0 atom stereocenters. The molecule has 0 heterocycles. The van der Waals surface area contributed by atoms with Gasteiger partial charge in [0.25, 0.3) is 0 Å². The lowest BCUT2D eigenvalue weighted by Crippen LogP contribution is -2.24. The van der Waals surface area contributed by atoms with Crippen LogP contribution in [0.2, 0.25) is 0 Å². The Morgan fingerprint density at radius 1 is 0.964 bits per heavy atom. The third-order valence-corrected chi connectivity index (χ3v) is 3.44. The lowest BCUT2D eigenvalue weighted by atomic mass is 10.1. The normalized spacial score (nSPS) is 11.6. The molecular formula is C21H24N2O5. The topological polar surface area (TPSA) is 100 Å². The van der Waals surface area contributed by atoms with Crippen molar-refractivity contribution in [3.63, 3.8) is 0 Å². The van der Waals surface area contributed by atoms with Crippen molar-refractivity contribution in [3.8, 4) is 0 Å². The number of esters is 1. The third kappa shape index (κ3) is 7.49. The van der Waals surface area contributed by atoms with Crippen molar-refractivity contribution in [2.75, 3.05) is 0 Å². The monoisotopic (exact) mass is 384 g/mol. The Balaban J connectivity index is 1.85. The molecule has 0 fully saturated rings. The number of oxime groups is 1. The second-order valence-electron chi connectivity index (χ2n) is 7.05. The van der Waals surface area contributed by atoms with Crippen LogP contribution in [0.25, 0.3) is 0 Å². The van der Waals surface area contributed by atoms with Crippen LogP contribution in [0.1, 0.15) is 37.5 Å². The van der Waals surface area contributed by atoms with Crippen molar-refractivity contribution in [1.82, 2.24) is 0 Å². The molecule has 0 spiro atoms. The average Bonchev–Trinajstić information content (AvgIpc) is 2.64. The van der Waals surface area contributed by atoms with Crippen LogP contribution < -0.4 is 5.73 Å². The van der Waals surface area contributed by atoms with E-state index in [0.29, 0.717) is 5.56 Å². The molecule has 0 aromatic heterocycles. The van der Waals surface area contributed by atoms with E-state index in [4.69, 9.17) is 15.2 Å². The largest absolute Gasteiger partial charge is 0.535 e. The lowest BCUT2D eigenvalue weighted by Gasteiger charge is -2.19. The Labute approximate surface area is 164 Å². The second-order valence-corrected chi connectivity index (χ2v) is 7.05. The fraction of sp³-hybridized carbons (Fsp3) is 0.286. The van der Waals surface area contributed by atoms with Gasteiger partial charge in [-0.1, -0.05) is 59.8 Å². The van der Waals surface area contributed by atoms with Crippen molar-refractivity contribution in [1.29, 1.82) is 0 Å². The summed E-state index contributed by atoms with van der Waals surface area (Å²) in [4.78, 5) is 28.1. The highest BCUT2D eigenvalue weighted by molar-refractivity contribution is 5.97. The SMILES string of the molecule is CC(C)(C)OC(=O)Cc1ccc(/C(N)=N\OC(=O)OCc2ccccc2)cc1. The van der Waals surface area contributed by atoms with Crippen LogP contribution in [0.5, 0.6) is 0 Å². The molecule has 2 aromatic carbocycles. The number of nitrogens with two attached hydrogens (primary N) is 1. The first kappa shape index (κ1) is 21.0. The van der Waals surface area contributed by atoms with Crippen molar-refractivity contribution >= 4 is 18.0 Å². The molecule has 0 saturated carbocycles. The van der Waals surface area contributed by atoms with Gasteiger partial charge in [0.05, 0.1) is 6.42 Å². The first-order valence-corrected chi connectivity index (χ1v) is 8.75. The molecule has 0 aliphatic carbocycles. The van der Waals surface area contributed by atoms with Gasteiger partial charge in [0.1, 0.15) is 12.2 Å². The summed E-state index contributed by atoms with van der Waals surface area (Å²) < 4.78 is 10.2. The zero-order chi connectivity index (χ0) is 20.6. The highest BCUT2D eigenvalue weighted by Gasteiger charge is 2.16. The standard InChI is InChI=1S/C21H24N2O5/c1-21(2,3)27-18(24)13-15-9-11-17(12-10-15)19(22)23-28-20(25)26-14-16-7-5-4-6-8-16/h4-12H,13-14H2,1-3H3,(H2,22,23). The second kappa shape index (κ2) is 9.55. The minimum atomic E-state index is -0.951. The summed E-state index contributed by atoms with van der Waals surface area (Å²) in [5.74, 6) is -0.299. The third-order valence-electron chi connectivity index (χ3n) is 3.44. The van der Waals surface area contributed by atoms with Gasteiger partial charge in [0.15, 0.2) is 5.84 Å². The van der Waals surface area contributed by atoms with Gasteiger partial charge in [0, 0.05) is 5.56 Å². The first-order valence-electron chi connectivity index (χ1n) is 8.75. The molecule has 0 unspecified atom stereocenters. The van der Waals surface area contributed by atoms with Crippen LogP contribution in [0, 0.1) is 0 Å². The molecule has 7 heteroatoms. The molecule has 7 nitrogen and oxygen atoms in total. The molecule has 0 amide bonds. The maximum Gasteiger partial charge on any atom is 0.535 e. The number of benzene rings is 2. The Morgan fingerprint density at radius 3 is 2.21 bits per heavy atom. The molecule has 0 aliphatic heterocycles. The Bertz CT molecular complexity index is 824. The van der Waals surface area contributed by atoms with Gasteiger partial charge in [-0.25, -0.2) is 4.79 Å². The van der Waals surface area contributed by atoms with Crippen molar-refractivity contribution < 1.29 is 23.9 Å². The van der Waals surface area contributed by atoms with Gasteiger partial charge >= 0.3 is 12.1 Å². The molecule has 2 aromatic rings. The number of hydrogen-bond acceptors (Lipinski definition) is 6. The van der Waals surface area contributed by atoms with Gasteiger partial charge in [-0.05, 0) is 31.9 Å². The van der Waals surface area contributed by atoms with Crippen molar-refractivity contribution in [3.05, 3.63) is 71.3 Å². The van der Waals surface area contributed by atoms with Gasteiger partial charge in [0.2, 0.25) is 0 Å². The maximum absolute atomic E-state index is 11.8. The van der Waals surface area contributed by atoms with Gasteiger partial charge in [-0.3, -0.25) is 9.63 Å². The number of amidine groups is 1. The fourth-order valence-electron chi connectivity index (χ4n) is 2.22. The molecule has 28 heavy (non-hydrogen) atoms. The quantitative estimate of drug-likeness (QED) is 0.269. The molecule has 2 N–H and O–H groups in total. The van der Waals surface area contributed by atoms with E-state index >= 15 is 0 Å². The lowest BCUT2D eigenvalue weighted by molar-refractivity contribution is -0.153. The smallest absolute Gasteiger partial charge is 0.460 e. The zero-order valence-corrected chi connectivity index (χ0v) is 16.2. The average molecular weight is 384 g/mol. The van der Waals surface area contributed by atoms with E-state index in [1.165, 1.54) is 0 Å². The highest BCUT2D eigenvalue weighted by Crippen LogP contribution is 2.11. The van der Waals surface area contributed by atoms with Crippen LogP contribution in [-0.4, -0.2) is 23.6 Å². The van der Waals surface area contributed by atoms with Crippen molar-refractivity contribution in [2.24, 2.45) is 10.9 Å². The van der Waals surface area contributed by atoms with E-state index in [9.17, 15) is 9.59 Å². The zero-order valence-electron chi connectivity index (χ0n) is 16.2. The summed E-state index contributed by atoms with van der Waals surface area (Å²) in [6, 6.07) is 16.0. The van der Waals surface area contributed by atoms with Crippen LogP contribution in [0.3, 0.4) is 0 Å². The summed E-state index contributed by atoms with van der Waals surface area (Å²) in [6.45, 7) is 5.52. The molecule has 0 saturated heterocycles. The van der Waals surface area contributed by atoms with E-state index in [2.05, 4.69) is 9.99 Å². The summed E-state index contributed by atoms with van der Waals surface area (Å²) >= 11 is 0. The minimum absolute atomic E-state index is 0.0143. The molecular weight excluding hydrogens is 360 g/mol. The van der Waals surface area contributed by atoms with Gasteiger partial charge in [-0.2, -0.15) is 0 Å². The van der Waals surface area contributed by atoms with E-state index < -0.39 is 11.8 Å². The molecule has 148 valence electrons. The Kier molecular flexibility index (Phi) is 7.14. The van der Waals surface area contributed by atoms with Gasteiger partial charge in [-0.15, -0.1) is 0 Å². The number of rotatable bonds is 6. The van der Waals surface area contributed by atoms with E-state index in [1.54, 1.807) is 24.3 Å². The number of carbonyl (C=O) groups is 2. The highest BCUT2D eigenvalue weighted by atomic mass is 16.8. The Morgan fingerprint density at radius 2 is 1.61 bits per heavy atom. The number of ether oxygens (including phenoxy) is 2. The Hall–Kier alpha value is -3.35. The predicted molar refractivity (Wildman–Crippen MR) is 104 cm³/mol. The van der Waals surface area contributed by atoms with Crippen LogP contribution in [0.15, 0.2) is 59.8 Å². The van der Waals surface area contributed by atoms with E-state index in [1.807, 2.05) is 51.1 Å². The molecule has 2 rings (SSSR count). The molecule has 0 bridgehead atoms. The number of hydrogen-bond donors (Lipinski definition) is 1. The van der Waals surface area contributed by atoms with Crippen molar-refractivity contribution in [2.45, 2.75) is 39.4 Å². The summed E-state index contributed by atoms with van der Waals surface area (Å²) in [5, 5.41) is 3.57. The number of carbonyl (C=O) groups excluding carboxylic acids is 2. The summed E-state index contributed by atoms with van der Waals surface area (Å²) in [6.07, 6.45) is -0.801. The molecule has 0 aliphatic rings. The van der Waals surface area contributed by atoms with Crippen LogP contribution >= 0.6 is 0 Å². The van der Waals surface area contributed by atoms with Gasteiger partial charge < -0.3 is 15.2 Å². The van der Waals surface area contributed by atoms with E-state index in [-0.39, 0.29) is 24.8 Å². The molecule has 0 radical (unpaired) electrons. The van der Waals surface area contributed by atoms with Crippen LogP contribution in [-0.2, 0) is 32.1 Å². The first-order chi connectivity index (χ1) is 13.2. The van der Waals surface area contributed by atoms with E-state index in [0.717, 1.165) is 11.1 Å². The fourth-order valence-corrected chi connectivity index (χ4v) is 2.22. The predicted octanol–water partition coefficient (Wildman–Crippen LogP) is 3.54. The van der Waals surface area contributed by atoms with Crippen LogP contribution in [0.4, 0.5) is 4.79 Å². The summed E-state index contributed by atoms with van der Waals surface area (Å²) in [5.41, 5.74) is 7.43. The number of nitrogens with zero attached hydrogens (tertiary/aromatic N) is 1. The summed E-state index contributed by atoms with van der Waals surface area (Å²) in [7, 11) is 0. The minimum Gasteiger partial charge on any atom is -0.460 e.